The first-order valence-electron chi connectivity index (χ1n) is 4.44. The third kappa shape index (κ3) is 1.57. The highest BCUT2D eigenvalue weighted by molar-refractivity contribution is 7.13. The molecular weight excluding hydrogens is 200 g/mol. The van der Waals surface area contributed by atoms with Gasteiger partial charge in [-0.25, -0.2) is 4.79 Å². The molecule has 0 N–H and O–H groups in total. The van der Waals surface area contributed by atoms with Crippen molar-refractivity contribution < 1.29 is 14.3 Å². The second kappa shape index (κ2) is 3.53. The zero-order valence-corrected chi connectivity index (χ0v) is 8.60. The fourth-order valence-corrected chi connectivity index (χ4v) is 2.32. The van der Waals surface area contributed by atoms with Gasteiger partial charge in [0.25, 0.3) is 5.78 Å². The number of rotatable bonds is 3. The summed E-state index contributed by atoms with van der Waals surface area (Å²) < 4.78 is 4.41. The molecule has 1 aliphatic rings. The van der Waals surface area contributed by atoms with Crippen LogP contribution in [0.4, 0.5) is 0 Å². The van der Waals surface area contributed by atoms with Gasteiger partial charge in [0.15, 0.2) is 0 Å². The molecule has 0 aromatic carbocycles. The lowest BCUT2D eigenvalue weighted by atomic mass is 10.1. The van der Waals surface area contributed by atoms with Crippen LogP contribution in [0.1, 0.15) is 34.0 Å². The third-order valence-electron chi connectivity index (χ3n) is 2.29. The Morgan fingerprint density at radius 2 is 2.21 bits per heavy atom. The summed E-state index contributed by atoms with van der Waals surface area (Å²) in [6.07, 6.45) is 2.25. The van der Waals surface area contributed by atoms with Crippen LogP contribution in [0.5, 0.6) is 0 Å². The van der Waals surface area contributed by atoms with E-state index in [4.69, 9.17) is 0 Å². The molecule has 1 fully saturated rings. The average molecular weight is 210 g/mol. The summed E-state index contributed by atoms with van der Waals surface area (Å²) in [6, 6.07) is 1.93. The van der Waals surface area contributed by atoms with E-state index < -0.39 is 11.8 Å². The number of hydrogen-bond donors (Lipinski definition) is 0. The smallest absolute Gasteiger partial charge is 0.380 e. The first kappa shape index (κ1) is 9.40. The van der Waals surface area contributed by atoms with Crippen LogP contribution in [-0.4, -0.2) is 18.9 Å². The molecule has 0 radical (unpaired) electrons. The summed E-state index contributed by atoms with van der Waals surface area (Å²) >= 11 is 1.32. The molecule has 0 amide bonds. The zero-order chi connectivity index (χ0) is 10.1. The van der Waals surface area contributed by atoms with Crippen molar-refractivity contribution in [2.24, 2.45) is 0 Å². The summed E-state index contributed by atoms with van der Waals surface area (Å²) in [6.45, 7) is 0. The van der Waals surface area contributed by atoms with Crippen LogP contribution in [0.25, 0.3) is 0 Å². The molecule has 1 saturated carbocycles. The van der Waals surface area contributed by atoms with Gasteiger partial charge >= 0.3 is 5.97 Å². The first-order chi connectivity index (χ1) is 6.74. The molecule has 0 spiro atoms. The Hall–Kier alpha value is -1.16. The topological polar surface area (TPSA) is 43.4 Å². The molecule has 1 aromatic rings. The Morgan fingerprint density at radius 1 is 1.50 bits per heavy atom. The van der Waals surface area contributed by atoms with Crippen molar-refractivity contribution in [3.05, 3.63) is 21.9 Å². The monoisotopic (exact) mass is 210 g/mol. The number of ether oxygens (including phenoxy) is 1. The lowest BCUT2D eigenvalue weighted by molar-refractivity contribution is -0.135. The fourth-order valence-electron chi connectivity index (χ4n) is 1.40. The van der Waals surface area contributed by atoms with E-state index in [0.717, 1.165) is 18.4 Å². The number of hydrogen-bond acceptors (Lipinski definition) is 4. The molecular formula is C10H10O3S. The lowest BCUT2D eigenvalue weighted by Gasteiger charge is -1.99. The summed E-state index contributed by atoms with van der Waals surface area (Å²) in [7, 11) is 1.23. The highest BCUT2D eigenvalue weighted by Crippen LogP contribution is 2.43. The van der Waals surface area contributed by atoms with Crippen LogP contribution in [0.15, 0.2) is 11.4 Å². The minimum Gasteiger partial charge on any atom is -0.463 e. The highest BCUT2D eigenvalue weighted by Gasteiger charge is 2.31. The molecule has 0 saturated heterocycles. The molecule has 0 aliphatic heterocycles. The van der Waals surface area contributed by atoms with Crippen molar-refractivity contribution in [1.29, 1.82) is 0 Å². The summed E-state index contributed by atoms with van der Waals surface area (Å²) in [5.41, 5.74) is 1.02. The number of thiophene rings is 1. The largest absolute Gasteiger partial charge is 0.463 e. The van der Waals surface area contributed by atoms with E-state index >= 15 is 0 Å². The number of carbonyl (C=O) groups excluding carboxylic acids is 2. The molecule has 1 aromatic heterocycles. The SMILES string of the molecule is COC(=O)C(=O)c1sccc1C1CC1. The van der Waals surface area contributed by atoms with Crippen LogP contribution in [-0.2, 0) is 9.53 Å². The van der Waals surface area contributed by atoms with E-state index in [2.05, 4.69) is 4.74 Å². The van der Waals surface area contributed by atoms with E-state index in [1.54, 1.807) is 0 Å². The fraction of sp³-hybridized carbons (Fsp3) is 0.400. The van der Waals surface area contributed by atoms with Gasteiger partial charge in [0.05, 0.1) is 12.0 Å². The van der Waals surface area contributed by atoms with Gasteiger partial charge in [0.1, 0.15) is 0 Å². The van der Waals surface area contributed by atoms with Crippen LogP contribution in [0.2, 0.25) is 0 Å². The number of Topliss-reactive ketones (excluding diaryl/α,β-unsaturated/α-hetero) is 1. The van der Waals surface area contributed by atoms with Gasteiger partial charge in [-0.05, 0) is 35.8 Å². The summed E-state index contributed by atoms with van der Waals surface area (Å²) in [5.74, 6) is -0.788. The molecule has 0 bridgehead atoms. The predicted octanol–water partition coefficient (Wildman–Crippen LogP) is 1.98. The Bertz CT molecular complexity index is 376. The molecule has 4 heteroatoms. The average Bonchev–Trinajstić information content (AvgIpc) is 2.94. The van der Waals surface area contributed by atoms with Crippen LogP contribution in [0, 0.1) is 0 Å². The normalized spacial score (nSPS) is 15.2. The molecule has 14 heavy (non-hydrogen) atoms. The van der Waals surface area contributed by atoms with Gasteiger partial charge in [-0.2, -0.15) is 0 Å². The molecule has 1 aliphatic carbocycles. The maximum atomic E-state index is 11.5. The quantitative estimate of drug-likeness (QED) is 0.435. The van der Waals surface area contributed by atoms with E-state index in [1.165, 1.54) is 18.4 Å². The Balaban J connectivity index is 2.26. The van der Waals surface area contributed by atoms with E-state index in [1.807, 2.05) is 11.4 Å². The second-order valence-corrected chi connectivity index (χ2v) is 4.22. The van der Waals surface area contributed by atoms with E-state index in [-0.39, 0.29) is 0 Å². The standard InChI is InChI=1S/C10H10O3S/c1-13-10(12)8(11)9-7(4-5-14-9)6-2-3-6/h4-6H,2-3H2,1H3. The van der Waals surface area contributed by atoms with E-state index in [0.29, 0.717) is 10.8 Å². The van der Waals surface area contributed by atoms with Crippen molar-refractivity contribution in [3.63, 3.8) is 0 Å². The van der Waals surface area contributed by atoms with Crippen molar-refractivity contribution in [3.8, 4) is 0 Å². The van der Waals surface area contributed by atoms with Gasteiger partial charge < -0.3 is 4.74 Å². The van der Waals surface area contributed by atoms with Gasteiger partial charge in [0, 0.05) is 0 Å². The first-order valence-corrected chi connectivity index (χ1v) is 5.32. The molecule has 2 rings (SSSR count). The molecule has 74 valence electrons. The zero-order valence-electron chi connectivity index (χ0n) is 7.78. The van der Waals surface area contributed by atoms with Crippen molar-refractivity contribution in [2.75, 3.05) is 7.11 Å². The van der Waals surface area contributed by atoms with Gasteiger partial charge in [0.2, 0.25) is 0 Å². The van der Waals surface area contributed by atoms with Gasteiger partial charge in [-0.1, -0.05) is 0 Å². The molecule has 1 heterocycles. The number of methoxy groups -OCH3 is 1. The van der Waals surface area contributed by atoms with Crippen molar-refractivity contribution in [1.82, 2.24) is 0 Å². The molecule has 3 nitrogen and oxygen atoms in total. The third-order valence-corrected chi connectivity index (χ3v) is 3.22. The summed E-state index contributed by atoms with van der Waals surface area (Å²) in [4.78, 5) is 23.1. The number of carbonyl (C=O) groups is 2. The van der Waals surface area contributed by atoms with Crippen molar-refractivity contribution >= 4 is 23.1 Å². The molecule has 0 atom stereocenters. The number of esters is 1. The van der Waals surface area contributed by atoms with Crippen LogP contribution >= 0.6 is 11.3 Å². The molecule has 0 unspecified atom stereocenters. The predicted molar refractivity (Wildman–Crippen MR) is 52.6 cm³/mol. The van der Waals surface area contributed by atoms with Crippen LogP contribution in [0.3, 0.4) is 0 Å². The minimum atomic E-state index is -0.769. The van der Waals surface area contributed by atoms with Gasteiger partial charge in [-0.15, -0.1) is 11.3 Å². The van der Waals surface area contributed by atoms with E-state index in [9.17, 15) is 9.59 Å². The maximum absolute atomic E-state index is 11.5. The summed E-state index contributed by atoms with van der Waals surface area (Å²) in [5, 5.41) is 1.85. The Morgan fingerprint density at radius 3 is 2.79 bits per heavy atom. The maximum Gasteiger partial charge on any atom is 0.380 e. The van der Waals surface area contributed by atoms with Crippen LogP contribution < -0.4 is 0 Å². The second-order valence-electron chi connectivity index (χ2n) is 3.30. The highest BCUT2D eigenvalue weighted by atomic mass is 32.1. The Labute approximate surface area is 85.7 Å². The Kier molecular flexibility index (Phi) is 2.37. The minimum absolute atomic E-state index is 0.491. The lowest BCUT2D eigenvalue weighted by Crippen LogP contribution is -2.15. The van der Waals surface area contributed by atoms with Crippen molar-refractivity contribution in [2.45, 2.75) is 18.8 Å². The van der Waals surface area contributed by atoms with Gasteiger partial charge in [-0.3, -0.25) is 4.79 Å². The number of ketones is 1.